The first-order valence-corrected chi connectivity index (χ1v) is 7.36. The number of rotatable bonds is 9. The molecule has 0 fully saturated rings. The van der Waals surface area contributed by atoms with E-state index in [-0.39, 0.29) is 0 Å². The highest BCUT2D eigenvalue weighted by Crippen LogP contribution is 2.21. The first kappa shape index (κ1) is 16.2. The number of aryl methyl sites for hydroxylation is 1. The molecule has 1 atom stereocenters. The molecule has 0 aliphatic heterocycles. The third kappa shape index (κ3) is 5.33. The molecule has 0 spiro atoms. The molecule has 1 aromatic heterocycles. The van der Waals surface area contributed by atoms with Gasteiger partial charge in [0.2, 0.25) is 0 Å². The van der Waals surface area contributed by atoms with Gasteiger partial charge in [-0.05, 0) is 31.8 Å². The predicted octanol–water partition coefficient (Wildman–Crippen LogP) is 2.27. The predicted molar refractivity (Wildman–Crippen MR) is 81.1 cm³/mol. The average molecular weight is 266 g/mol. The Morgan fingerprint density at radius 3 is 2.68 bits per heavy atom. The minimum Gasteiger partial charge on any atom is -0.337 e. The lowest BCUT2D eigenvalue weighted by molar-refractivity contribution is 0.172. The second-order valence-electron chi connectivity index (χ2n) is 5.97. The summed E-state index contributed by atoms with van der Waals surface area (Å²) in [5, 5.41) is 3.55. The molecule has 0 bridgehead atoms. The van der Waals surface area contributed by atoms with Gasteiger partial charge in [0.05, 0.1) is 6.54 Å². The van der Waals surface area contributed by atoms with Crippen LogP contribution in [0.3, 0.4) is 0 Å². The van der Waals surface area contributed by atoms with Crippen molar-refractivity contribution in [2.24, 2.45) is 12.5 Å². The molecule has 1 unspecified atom stereocenters. The number of hydrogen-bond donors (Lipinski definition) is 1. The molecule has 1 aromatic rings. The summed E-state index contributed by atoms with van der Waals surface area (Å²) in [6, 6.07) is 0. The van der Waals surface area contributed by atoms with Crippen LogP contribution in [0.15, 0.2) is 12.4 Å². The molecule has 0 aliphatic rings. The van der Waals surface area contributed by atoms with E-state index in [0.717, 1.165) is 32.0 Å². The van der Waals surface area contributed by atoms with Crippen LogP contribution < -0.4 is 5.32 Å². The largest absolute Gasteiger partial charge is 0.337 e. The highest BCUT2D eigenvalue weighted by Gasteiger charge is 2.23. The van der Waals surface area contributed by atoms with E-state index in [1.807, 2.05) is 12.4 Å². The minimum absolute atomic E-state index is 0.328. The molecular formula is C15H30N4. The van der Waals surface area contributed by atoms with E-state index in [2.05, 4.69) is 54.6 Å². The van der Waals surface area contributed by atoms with Crippen molar-refractivity contribution in [3.05, 3.63) is 18.2 Å². The molecule has 1 rings (SSSR count). The maximum Gasteiger partial charge on any atom is 0.122 e. The molecule has 0 aromatic carbocycles. The van der Waals surface area contributed by atoms with Crippen molar-refractivity contribution >= 4 is 0 Å². The summed E-state index contributed by atoms with van der Waals surface area (Å²) in [4.78, 5) is 6.77. The van der Waals surface area contributed by atoms with Crippen LogP contribution in [0.5, 0.6) is 0 Å². The van der Waals surface area contributed by atoms with Gasteiger partial charge in [0.25, 0.3) is 0 Å². The van der Waals surface area contributed by atoms with E-state index in [9.17, 15) is 0 Å². The maximum atomic E-state index is 4.39. The molecule has 0 amide bonds. The average Bonchev–Trinajstić information content (AvgIpc) is 2.75. The number of hydrogen-bond acceptors (Lipinski definition) is 3. The summed E-state index contributed by atoms with van der Waals surface area (Å²) in [5.41, 5.74) is 0.328. The topological polar surface area (TPSA) is 33.1 Å². The quantitative estimate of drug-likeness (QED) is 0.696. The van der Waals surface area contributed by atoms with Crippen molar-refractivity contribution in [3.8, 4) is 0 Å². The Morgan fingerprint density at radius 1 is 1.42 bits per heavy atom. The molecule has 0 saturated heterocycles. The second kappa shape index (κ2) is 7.65. The summed E-state index contributed by atoms with van der Waals surface area (Å²) in [7, 11) is 4.24. The van der Waals surface area contributed by atoms with Crippen molar-refractivity contribution in [1.29, 1.82) is 0 Å². The zero-order valence-corrected chi connectivity index (χ0v) is 13.2. The van der Waals surface area contributed by atoms with E-state index in [1.54, 1.807) is 0 Å². The van der Waals surface area contributed by atoms with Crippen molar-refractivity contribution in [1.82, 2.24) is 19.8 Å². The number of nitrogens with one attached hydrogen (secondary N) is 1. The van der Waals surface area contributed by atoms with Crippen LogP contribution in [0.2, 0.25) is 0 Å². The van der Waals surface area contributed by atoms with Crippen LogP contribution in [0.4, 0.5) is 0 Å². The Labute approximate surface area is 118 Å². The fourth-order valence-electron chi connectivity index (χ4n) is 2.36. The van der Waals surface area contributed by atoms with Gasteiger partial charge in [-0.15, -0.1) is 0 Å². The molecule has 0 saturated carbocycles. The first-order chi connectivity index (χ1) is 9.00. The molecule has 1 N–H and O–H groups in total. The van der Waals surface area contributed by atoms with Crippen molar-refractivity contribution < 1.29 is 0 Å². The second-order valence-corrected chi connectivity index (χ2v) is 5.97. The molecule has 110 valence electrons. The standard InChI is InChI=1S/C15H30N4/c1-6-8-16-12-15(3,7-2)13-18(4)11-14-17-9-10-19(14)5/h9-10,16H,6-8,11-13H2,1-5H3. The molecule has 0 aliphatic carbocycles. The van der Waals surface area contributed by atoms with Crippen LogP contribution in [0.25, 0.3) is 0 Å². The highest BCUT2D eigenvalue weighted by molar-refractivity contribution is 4.91. The number of aromatic nitrogens is 2. The zero-order valence-electron chi connectivity index (χ0n) is 13.2. The SMILES string of the molecule is CCCNCC(C)(CC)CN(C)Cc1nccn1C. The van der Waals surface area contributed by atoms with E-state index >= 15 is 0 Å². The van der Waals surface area contributed by atoms with Crippen molar-refractivity contribution in [3.63, 3.8) is 0 Å². The molecular weight excluding hydrogens is 236 g/mol. The molecule has 1 heterocycles. The fourth-order valence-corrected chi connectivity index (χ4v) is 2.36. The number of imidazole rings is 1. The fraction of sp³-hybridized carbons (Fsp3) is 0.800. The number of nitrogens with zero attached hydrogens (tertiary/aromatic N) is 3. The maximum absolute atomic E-state index is 4.39. The Bertz CT molecular complexity index is 361. The van der Waals surface area contributed by atoms with Crippen LogP contribution >= 0.6 is 0 Å². The van der Waals surface area contributed by atoms with E-state index in [0.29, 0.717) is 5.41 Å². The van der Waals surface area contributed by atoms with Crippen LogP contribution in [-0.4, -0.2) is 41.1 Å². The van der Waals surface area contributed by atoms with Gasteiger partial charge in [-0.3, -0.25) is 4.90 Å². The highest BCUT2D eigenvalue weighted by atomic mass is 15.2. The Morgan fingerprint density at radius 2 is 2.16 bits per heavy atom. The van der Waals surface area contributed by atoms with Crippen LogP contribution in [0, 0.1) is 5.41 Å². The van der Waals surface area contributed by atoms with E-state index in [1.165, 1.54) is 12.8 Å². The molecule has 4 nitrogen and oxygen atoms in total. The van der Waals surface area contributed by atoms with Gasteiger partial charge < -0.3 is 9.88 Å². The Balaban J connectivity index is 2.47. The van der Waals surface area contributed by atoms with Gasteiger partial charge in [-0.1, -0.05) is 20.8 Å². The van der Waals surface area contributed by atoms with Crippen molar-refractivity contribution in [2.45, 2.75) is 40.2 Å². The summed E-state index contributed by atoms with van der Waals surface area (Å²) >= 11 is 0. The summed E-state index contributed by atoms with van der Waals surface area (Å²) in [6.07, 6.45) is 6.26. The Kier molecular flexibility index (Phi) is 6.52. The summed E-state index contributed by atoms with van der Waals surface area (Å²) in [5.74, 6) is 1.13. The first-order valence-electron chi connectivity index (χ1n) is 7.36. The van der Waals surface area contributed by atoms with Gasteiger partial charge in [-0.2, -0.15) is 0 Å². The van der Waals surface area contributed by atoms with Gasteiger partial charge in [-0.25, -0.2) is 4.98 Å². The summed E-state index contributed by atoms with van der Waals surface area (Å²) < 4.78 is 2.09. The third-order valence-electron chi connectivity index (χ3n) is 3.82. The lowest BCUT2D eigenvalue weighted by Crippen LogP contribution is -2.40. The van der Waals surface area contributed by atoms with Gasteiger partial charge in [0.15, 0.2) is 0 Å². The Hall–Kier alpha value is -0.870. The van der Waals surface area contributed by atoms with E-state index in [4.69, 9.17) is 0 Å². The molecule has 4 heteroatoms. The van der Waals surface area contributed by atoms with Crippen LogP contribution in [-0.2, 0) is 13.6 Å². The third-order valence-corrected chi connectivity index (χ3v) is 3.82. The minimum atomic E-state index is 0.328. The summed E-state index contributed by atoms with van der Waals surface area (Å²) in [6.45, 7) is 11.1. The van der Waals surface area contributed by atoms with Gasteiger partial charge in [0, 0.05) is 32.5 Å². The van der Waals surface area contributed by atoms with Gasteiger partial charge >= 0.3 is 0 Å². The lowest BCUT2D eigenvalue weighted by Gasteiger charge is -2.33. The molecule has 0 radical (unpaired) electrons. The van der Waals surface area contributed by atoms with Crippen LogP contribution in [0.1, 0.15) is 39.4 Å². The monoisotopic (exact) mass is 266 g/mol. The van der Waals surface area contributed by atoms with Gasteiger partial charge in [0.1, 0.15) is 5.82 Å². The molecule has 19 heavy (non-hydrogen) atoms. The van der Waals surface area contributed by atoms with Crippen molar-refractivity contribution in [2.75, 3.05) is 26.7 Å². The van der Waals surface area contributed by atoms with E-state index < -0.39 is 0 Å². The smallest absolute Gasteiger partial charge is 0.122 e. The lowest BCUT2D eigenvalue weighted by atomic mass is 9.87. The normalized spacial score (nSPS) is 14.8. The zero-order chi connectivity index (χ0) is 14.3.